The number of rotatable bonds is 10. The van der Waals surface area contributed by atoms with Crippen molar-refractivity contribution in [3.63, 3.8) is 0 Å². The summed E-state index contributed by atoms with van der Waals surface area (Å²) in [5.41, 5.74) is 11.6. The van der Waals surface area contributed by atoms with E-state index in [9.17, 15) is 0 Å². The van der Waals surface area contributed by atoms with Crippen molar-refractivity contribution in [1.29, 1.82) is 0 Å². The molecule has 1 aliphatic heterocycles. The van der Waals surface area contributed by atoms with E-state index in [2.05, 4.69) is 121 Å². The molecule has 56 heavy (non-hydrogen) atoms. The maximum absolute atomic E-state index is 6.58. The molecule has 9 rings (SSSR count). The van der Waals surface area contributed by atoms with E-state index >= 15 is 0 Å². The lowest BCUT2D eigenvalue weighted by atomic mass is 9.86. The standard InChI is InChI=1S/C51H37N3O2/c1-53-28-29-54(36-53)43-19-12-23-46(35-43)56-45-22-11-18-40(31-45)50-34-39(26-27-52-50)41-30-42(33-47(32-41)55-44-20-9-4-10-21-44)51-48(37-14-5-2-6-15-37)24-13-25-49(51)38-16-7-3-8-17-38/h2-35H,1H3/q+2. The van der Waals surface area contributed by atoms with Gasteiger partial charge in [0.2, 0.25) is 11.9 Å². The van der Waals surface area contributed by atoms with Gasteiger partial charge >= 0.3 is 6.01 Å². The van der Waals surface area contributed by atoms with Gasteiger partial charge in [-0.2, -0.15) is 0 Å². The second kappa shape index (κ2) is 15.4. The van der Waals surface area contributed by atoms with Crippen LogP contribution >= 0.6 is 0 Å². The molecule has 7 aromatic carbocycles. The zero-order chi connectivity index (χ0) is 37.7. The van der Waals surface area contributed by atoms with E-state index in [-0.39, 0.29) is 0 Å². The summed E-state index contributed by atoms with van der Waals surface area (Å²) in [6.07, 6.45) is 5.79. The maximum atomic E-state index is 6.58. The molecule has 8 aromatic rings. The van der Waals surface area contributed by atoms with Crippen molar-refractivity contribution in [3.8, 4) is 78.8 Å². The molecule has 0 spiro atoms. The highest BCUT2D eigenvalue weighted by molar-refractivity contribution is 5.96. The Morgan fingerprint density at radius 2 is 1.00 bits per heavy atom. The number of benzene rings is 7. The quantitative estimate of drug-likeness (QED) is 0.132. The van der Waals surface area contributed by atoms with Crippen LogP contribution in [0.1, 0.15) is 0 Å². The van der Waals surface area contributed by atoms with Gasteiger partial charge in [-0.05, 0) is 105 Å². The van der Waals surface area contributed by atoms with Crippen LogP contribution in [0.15, 0.2) is 207 Å². The van der Waals surface area contributed by atoms with Crippen LogP contribution in [0.25, 0.3) is 55.8 Å². The Morgan fingerprint density at radius 3 is 1.70 bits per heavy atom. The largest absolute Gasteiger partial charge is 0.495 e. The molecule has 5 nitrogen and oxygen atoms in total. The summed E-state index contributed by atoms with van der Waals surface area (Å²) in [6, 6.07) is 67.6. The van der Waals surface area contributed by atoms with E-state index in [0.29, 0.717) is 0 Å². The van der Waals surface area contributed by atoms with Crippen molar-refractivity contribution < 1.29 is 18.6 Å². The van der Waals surface area contributed by atoms with Crippen molar-refractivity contribution in [3.05, 3.63) is 207 Å². The molecule has 0 N–H and O–H groups in total. The van der Waals surface area contributed by atoms with Crippen LogP contribution in [0.5, 0.6) is 23.0 Å². The second-order valence-corrected chi connectivity index (χ2v) is 13.6. The number of para-hydroxylation sites is 1. The summed E-state index contributed by atoms with van der Waals surface area (Å²) in [5, 5.41) is 0. The first-order chi connectivity index (χ1) is 27.6. The molecule has 1 aromatic heterocycles. The molecule has 5 heteroatoms. The van der Waals surface area contributed by atoms with E-state index in [1.165, 1.54) is 0 Å². The summed E-state index contributed by atoms with van der Waals surface area (Å²) in [6.45, 7) is 0. The van der Waals surface area contributed by atoms with Gasteiger partial charge in [-0.1, -0.05) is 124 Å². The Bertz CT molecular complexity index is 2730. The third kappa shape index (κ3) is 7.44. The summed E-state index contributed by atoms with van der Waals surface area (Å²) in [4.78, 5) is 4.82. The molecule has 0 fully saturated rings. The first-order valence-electron chi connectivity index (χ1n) is 18.6. The van der Waals surface area contributed by atoms with Crippen LogP contribution in [0.3, 0.4) is 0 Å². The lowest BCUT2D eigenvalue weighted by Gasteiger charge is -2.19. The monoisotopic (exact) mass is 723 g/mol. The molecule has 1 aliphatic rings. The smallest absolute Gasteiger partial charge is 0.457 e. The third-order valence-corrected chi connectivity index (χ3v) is 9.67. The summed E-state index contributed by atoms with van der Waals surface area (Å²) >= 11 is 0. The van der Waals surface area contributed by atoms with Gasteiger partial charge in [-0.25, -0.2) is 0 Å². The first-order valence-corrected chi connectivity index (χ1v) is 18.6. The van der Waals surface area contributed by atoms with Crippen LogP contribution in [-0.4, -0.2) is 27.2 Å². The van der Waals surface area contributed by atoms with E-state index in [1.807, 2.05) is 108 Å². The highest BCUT2D eigenvalue weighted by Gasteiger charge is 2.19. The minimum atomic E-state index is 0.723. The van der Waals surface area contributed by atoms with Crippen LogP contribution in [0, 0.1) is 0 Å². The minimum absolute atomic E-state index is 0.723. The third-order valence-electron chi connectivity index (χ3n) is 9.67. The van der Waals surface area contributed by atoms with Crippen molar-refractivity contribution in [1.82, 2.24) is 4.98 Å². The number of ether oxygens (including phenoxy) is 2. The highest BCUT2D eigenvalue weighted by Crippen LogP contribution is 2.43. The van der Waals surface area contributed by atoms with Gasteiger partial charge in [0, 0.05) is 17.8 Å². The van der Waals surface area contributed by atoms with E-state index in [4.69, 9.17) is 14.5 Å². The molecule has 0 atom stereocenters. The summed E-state index contributed by atoms with van der Waals surface area (Å²) in [5.74, 6) is 2.97. The van der Waals surface area contributed by atoms with Crippen LogP contribution in [-0.2, 0) is 0 Å². The van der Waals surface area contributed by atoms with Gasteiger partial charge < -0.3 is 9.47 Å². The molecule has 0 aliphatic carbocycles. The highest BCUT2D eigenvalue weighted by atomic mass is 16.5. The fourth-order valence-corrected chi connectivity index (χ4v) is 7.04. The first kappa shape index (κ1) is 34.2. The molecule has 2 heterocycles. The van der Waals surface area contributed by atoms with Crippen LogP contribution < -0.4 is 9.47 Å². The average molecular weight is 724 g/mol. The summed E-state index contributed by atoms with van der Waals surface area (Å²) in [7, 11) is 1.95. The summed E-state index contributed by atoms with van der Waals surface area (Å²) < 4.78 is 16.8. The van der Waals surface area contributed by atoms with Crippen LogP contribution in [0.4, 0.5) is 5.69 Å². The van der Waals surface area contributed by atoms with Crippen LogP contribution in [0.2, 0.25) is 0 Å². The van der Waals surface area contributed by atoms with E-state index in [0.717, 1.165) is 84.5 Å². The molecule has 0 unspecified atom stereocenters. The van der Waals surface area contributed by atoms with Gasteiger partial charge in [0.05, 0.1) is 11.8 Å². The van der Waals surface area contributed by atoms with Crippen molar-refractivity contribution in [2.75, 3.05) is 7.05 Å². The van der Waals surface area contributed by atoms with Crippen molar-refractivity contribution in [2.24, 2.45) is 0 Å². The maximum Gasteiger partial charge on any atom is 0.495 e. The normalized spacial score (nSPS) is 11.9. The van der Waals surface area contributed by atoms with Gasteiger partial charge in [0.1, 0.15) is 23.0 Å². The second-order valence-electron chi connectivity index (χ2n) is 13.6. The van der Waals surface area contributed by atoms with E-state index in [1.54, 1.807) is 0 Å². The molecule has 0 bridgehead atoms. The molecule has 0 amide bonds. The number of hydrogen-bond donors (Lipinski definition) is 0. The van der Waals surface area contributed by atoms with E-state index < -0.39 is 0 Å². The lowest BCUT2D eigenvalue weighted by molar-refractivity contribution is -0.429. The Kier molecular flexibility index (Phi) is 9.41. The molecule has 0 radical (unpaired) electrons. The van der Waals surface area contributed by atoms with Gasteiger partial charge in [-0.3, -0.25) is 4.98 Å². The number of hydrogen-bond acceptors (Lipinski definition) is 3. The number of nitrogens with zero attached hydrogens (tertiary/aromatic N) is 3. The number of pyridine rings is 1. The predicted octanol–water partition coefficient (Wildman–Crippen LogP) is 12.9. The zero-order valence-electron chi connectivity index (χ0n) is 30.8. The fourth-order valence-electron chi connectivity index (χ4n) is 7.04. The molecular weight excluding hydrogens is 687 g/mol. The lowest BCUT2D eigenvalue weighted by Crippen LogP contribution is -1.94. The topological polar surface area (TPSA) is 37.4 Å². The zero-order valence-corrected chi connectivity index (χ0v) is 30.8. The Morgan fingerprint density at radius 1 is 0.429 bits per heavy atom. The molecule has 0 saturated carbocycles. The SMILES string of the molecule is C[N+]1=C=[N+](c2cccc(Oc3cccc(-c4cc(-c5cc(Oc6ccccc6)cc(-c6c(-c7ccccc7)cccc6-c6ccccc6)c5)ccn4)c3)c2)C=C1. The molecule has 0 saturated heterocycles. The Balaban J connectivity index is 1.13. The van der Waals surface area contributed by atoms with Gasteiger partial charge in [-0.15, -0.1) is 0 Å². The minimum Gasteiger partial charge on any atom is -0.457 e. The van der Waals surface area contributed by atoms with Gasteiger partial charge in [0.15, 0.2) is 7.05 Å². The number of aromatic nitrogens is 1. The van der Waals surface area contributed by atoms with Crippen molar-refractivity contribution >= 4 is 11.7 Å². The average Bonchev–Trinajstić information content (AvgIpc) is 3.70. The Hall–Kier alpha value is -7.59. The van der Waals surface area contributed by atoms with Gasteiger partial charge in [0.25, 0.3) is 6.20 Å². The molecular formula is C51H37N3O2+2. The fraction of sp³-hybridized carbons (Fsp3) is 0.0196. The predicted molar refractivity (Wildman–Crippen MR) is 225 cm³/mol. The molecule has 266 valence electrons. The van der Waals surface area contributed by atoms with Crippen molar-refractivity contribution in [2.45, 2.75) is 0 Å². The Labute approximate surface area is 326 Å².